The third kappa shape index (κ3) is 7.79. The van der Waals surface area contributed by atoms with E-state index in [-0.39, 0.29) is 12.0 Å². The lowest BCUT2D eigenvalue weighted by atomic mass is 9.85. The summed E-state index contributed by atoms with van der Waals surface area (Å²) in [6.07, 6.45) is 1.42. The largest absolute Gasteiger partial charge is 0.320 e. The average molecular weight is 594 g/mol. The van der Waals surface area contributed by atoms with Gasteiger partial charge < -0.3 is 4.48 Å². The maximum atomic E-state index is 12.2. The number of rotatable bonds is 13. The molecule has 5 rings (SSSR count). The van der Waals surface area contributed by atoms with E-state index in [9.17, 15) is 8.76 Å². The molecule has 0 saturated carbocycles. The molecular formula is C38H45N2O2S+. The number of quaternary nitrogens is 1. The van der Waals surface area contributed by atoms with Crippen molar-refractivity contribution < 1.29 is 13.2 Å². The highest BCUT2D eigenvalue weighted by Gasteiger charge is 2.32. The standard InChI is InChI=1S/C38H44N2O2S/c1-5-40(6-2,26-31-21-28(3)20-29(4)22-31)27-35(38-17-11-15-33-13-9-10-16-37(33)38)25-36(39-43(41)42)24-30-18-19-32-12-7-8-14-34(32)23-30/h7-23,35-36,39H,5-6,24-27H2,1-4H3/p+1. The monoisotopic (exact) mass is 593 g/mol. The molecule has 0 aliphatic heterocycles. The lowest BCUT2D eigenvalue weighted by Gasteiger charge is -2.41. The van der Waals surface area contributed by atoms with Crippen LogP contribution < -0.4 is 4.72 Å². The maximum absolute atomic E-state index is 12.2. The predicted octanol–water partition coefficient (Wildman–Crippen LogP) is 8.48. The molecule has 0 spiro atoms. The molecule has 2 N–H and O–H groups in total. The Balaban J connectivity index is 1.53. The summed E-state index contributed by atoms with van der Waals surface area (Å²) in [6.45, 7) is 12.9. The Morgan fingerprint density at radius 2 is 1.40 bits per heavy atom. The van der Waals surface area contributed by atoms with E-state index in [1.165, 1.54) is 49.4 Å². The van der Waals surface area contributed by atoms with Crippen LogP contribution in [0.1, 0.15) is 54.0 Å². The Labute approximate surface area is 259 Å². The third-order valence-electron chi connectivity index (χ3n) is 9.14. The van der Waals surface area contributed by atoms with Crippen LogP contribution in [0.15, 0.2) is 103 Å². The molecule has 0 aliphatic carbocycles. The molecule has 0 aromatic heterocycles. The smallest absolute Gasteiger partial charge is 0.231 e. The zero-order valence-electron chi connectivity index (χ0n) is 25.9. The highest BCUT2D eigenvalue weighted by molar-refractivity contribution is 7.77. The second kappa shape index (κ2) is 14.0. The van der Waals surface area contributed by atoms with Crippen molar-refractivity contribution in [1.29, 1.82) is 0 Å². The molecule has 0 fully saturated rings. The summed E-state index contributed by atoms with van der Waals surface area (Å²) in [4.78, 5) is 0. The van der Waals surface area contributed by atoms with Gasteiger partial charge in [-0.05, 0) is 73.2 Å². The summed E-state index contributed by atoms with van der Waals surface area (Å²) in [5, 5.41) is 4.89. The van der Waals surface area contributed by atoms with Gasteiger partial charge in [-0.1, -0.05) is 114 Å². The lowest BCUT2D eigenvalue weighted by molar-refractivity contribution is -0.939. The Bertz CT molecular complexity index is 1690. The molecule has 224 valence electrons. The molecule has 43 heavy (non-hydrogen) atoms. The molecule has 0 heterocycles. The van der Waals surface area contributed by atoms with Crippen molar-refractivity contribution in [2.45, 2.75) is 59.0 Å². The lowest BCUT2D eigenvalue weighted by Crippen LogP contribution is -2.50. The molecule has 0 amide bonds. The first-order chi connectivity index (χ1) is 20.8. The van der Waals surface area contributed by atoms with Gasteiger partial charge in [-0.25, -0.2) is 8.93 Å². The van der Waals surface area contributed by atoms with Crippen LogP contribution in [-0.4, -0.2) is 38.9 Å². The fourth-order valence-corrected chi connectivity index (χ4v) is 7.47. The van der Waals surface area contributed by atoms with Gasteiger partial charge in [-0.2, -0.15) is 0 Å². The first kappa shape index (κ1) is 31.1. The van der Waals surface area contributed by atoms with Crippen molar-refractivity contribution >= 4 is 32.8 Å². The zero-order chi connectivity index (χ0) is 30.4. The summed E-state index contributed by atoms with van der Waals surface area (Å²) in [6, 6.07) is 36.9. The van der Waals surface area contributed by atoms with E-state index in [4.69, 9.17) is 0 Å². The van der Waals surface area contributed by atoms with Gasteiger partial charge in [0, 0.05) is 17.5 Å². The molecule has 4 nitrogen and oxygen atoms in total. The molecule has 3 unspecified atom stereocenters. The summed E-state index contributed by atoms with van der Waals surface area (Å²) in [5.74, 6) is 0.179. The first-order valence-electron chi connectivity index (χ1n) is 15.5. The number of fused-ring (bicyclic) bond motifs is 2. The normalized spacial score (nSPS) is 14.2. The van der Waals surface area contributed by atoms with Crippen molar-refractivity contribution in [3.63, 3.8) is 0 Å². The number of hydrogen-bond donors (Lipinski definition) is 2. The number of aryl methyl sites for hydroxylation is 2. The molecule has 0 aliphatic rings. The van der Waals surface area contributed by atoms with Gasteiger partial charge in [0.15, 0.2) is 0 Å². The fraction of sp³-hybridized carbons (Fsp3) is 0.316. The maximum Gasteiger partial charge on any atom is 0.231 e. The Morgan fingerprint density at radius 3 is 2.09 bits per heavy atom. The van der Waals surface area contributed by atoms with Gasteiger partial charge in [-0.3, -0.25) is 4.55 Å². The first-order valence-corrected chi connectivity index (χ1v) is 16.6. The van der Waals surface area contributed by atoms with Crippen molar-refractivity contribution in [3.05, 3.63) is 131 Å². The van der Waals surface area contributed by atoms with Crippen LogP contribution in [0.3, 0.4) is 0 Å². The van der Waals surface area contributed by atoms with Gasteiger partial charge in [0.25, 0.3) is 0 Å². The van der Waals surface area contributed by atoms with Crippen LogP contribution in [0.5, 0.6) is 0 Å². The fourth-order valence-electron chi connectivity index (χ4n) is 7.00. The van der Waals surface area contributed by atoms with E-state index in [0.29, 0.717) is 6.42 Å². The molecule has 5 aromatic rings. The van der Waals surface area contributed by atoms with E-state index in [2.05, 4.69) is 136 Å². The van der Waals surface area contributed by atoms with E-state index < -0.39 is 11.3 Å². The van der Waals surface area contributed by atoms with Gasteiger partial charge in [0.05, 0.1) is 19.6 Å². The van der Waals surface area contributed by atoms with Crippen molar-refractivity contribution in [1.82, 2.24) is 4.72 Å². The molecule has 5 aromatic carbocycles. The summed E-state index contributed by atoms with van der Waals surface area (Å²) >= 11 is -2.11. The van der Waals surface area contributed by atoms with E-state index in [1.54, 1.807) is 0 Å². The highest BCUT2D eigenvalue weighted by atomic mass is 32.2. The van der Waals surface area contributed by atoms with E-state index >= 15 is 0 Å². The number of hydrogen-bond acceptors (Lipinski definition) is 1. The van der Waals surface area contributed by atoms with Crippen LogP contribution >= 0.6 is 0 Å². The van der Waals surface area contributed by atoms with Crippen molar-refractivity contribution in [2.75, 3.05) is 19.6 Å². The Kier molecular flexibility index (Phi) is 10.1. The number of nitrogens with zero attached hydrogens (tertiary/aromatic N) is 1. The second-order valence-corrected chi connectivity index (χ2v) is 13.0. The van der Waals surface area contributed by atoms with Crippen molar-refractivity contribution in [2.24, 2.45) is 0 Å². The van der Waals surface area contributed by atoms with Crippen molar-refractivity contribution in [3.8, 4) is 0 Å². The van der Waals surface area contributed by atoms with Gasteiger partial charge in [-0.15, -0.1) is 0 Å². The summed E-state index contributed by atoms with van der Waals surface area (Å²) in [7, 11) is 0. The second-order valence-electron chi connectivity index (χ2n) is 12.3. The molecular weight excluding hydrogens is 548 g/mol. The molecule has 0 radical (unpaired) electrons. The van der Waals surface area contributed by atoms with Crippen LogP contribution in [0, 0.1) is 13.8 Å². The van der Waals surface area contributed by atoms with Crippen LogP contribution in [0.4, 0.5) is 0 Å². The van der Waals surface area contributed by atoms with Gasteiger partial charge in [0.1, 0.15) is 6.54 Å². The van der Waals surface area contributed by atoms with Crippen LogP contribution in [0.25, 0.3) is 21.5 Å². The average Bonchev–Trinajstić information content (AvgIpc) is 2.99. The van der Waals surface area contributed by atoms with Gasteiger partial charge >= 0.3 is 0 Å². The minimum atomic E-state index is -2.11. The minimum absolute atomic E-state index is 0.173. The van der Waals surface area contributed by atoms with E-state index in [0.717, 1.165) is 37.1 Å². The molecule has 0 saturated heterocycles. The van der Waals surface area contributed by atoms with Crippen LogP contribution in [-0.2, 0) is 24.2 Å². The Morgan fingerprint density at radius 1 is 0.744 bits per heavy atom. The number of likely N-dealkylation sites (N-methyl/N-ethyl adjacent to an activating group) is 1. The summed E-state index contributed by atoms with van der Waals surface area (Å²) < 4.78 is 26.3. The minimum Gasteiger partial charge on any atom is -0.320 e. The molecule has 0 bridgehead atoms. The number of benzene rings is 5. The zero-order valence-corrected chi connectivity index (χ0v) is 26.7. The quantitative estimate of drug-likeness (QED) is 0.106. The number of nitrogens with one attached hydrogen (secondary N) is 1. The highest BCUT2D eigenvalue weighted by Crippen LogP contribution is 2.34. The Hall–Kier alpha value is -3.35. The van der Waals surface area contributed by atoms with Crippen LogP contribution in [0.2, 0.25) is 0 Å². The predicted molar refractivity (Wildman–Crippen MR) is 182 cm³/mol. The third-order valence-corrected chi connectivity index (χ3v) is 9.68. The van der Waals surface area contributed by atoms with Gasteiger partial charge in [0.2, 0.25) is 11.3 Å². The SMILES string of the molecule is CC[N+](CC)(Cc1cc(C)cc(C)c1)CC(CC(Cc1ccc2ccccc2c1)NS(=O)O)c1cccc2ccccc12. The topological polar surface area (TPSA) is 49.3 Å². The molecule has 3 atom stereocenters. The van der Waals surface area contributed by atoms with E-state index in [1.807, 2.05) is 0 Å². The summed E-state index contributed by atoms with van der Waals surface area (Å²) in [5.41, 5.74) is 6.46. The molecule has 5 heteroatoms.